The predicted molar refractivity (Wildman–Crippen MR) is 47.1 cm³/mol. The summed E-state index contributed by atoms with van der Waals surface area (Å²) >= 11 is 0. The first-order valence-electron chi connectivity index (χ1n) is 3.68. The van der Waals surface area contributed by atoms with E-state index in [1.54, 1.807) is 0 Å². The SMILES string of the molecule is [C-]#[N+]c1cnc(NC(C)C)nc1. The molecule has 0 unspecified atom stereocenters. The average molecular weight is 162 g/mol. The van der Waals surface area contributed by atoms with Gasteiger partial charge in [0.15, 0.2) is 0 Å². The molecule has 0 aliphatic carbocycles. The molecule has 0 spiro atoms. The molecule has 4 nitrogen and oxygen atoms in total. The van der Waals surface area contributed by atoms with Crippen LogP contribution in [0.1, 0.15) is 13.8 Å². The Balaban J connectivity index is 2.73. The predicted octanol–water partition coefficient (Wildman–Crippen LogP) is 1.85. The van der Waals surface area contributed by atoms with Gasteiger partial charge < -0.3 is 5.32 Å². The van der Waals surface area contributed by atoms with E-state index < -0.39 is 0 Å². The summed E-state index contributed by atoms with van der Waals surface area (Å²) in [6.45, 7) is 10.7. The zero-order valence-corrected chi connectivity index (χ0v) is 7.07. The van der Waals surface area contributed by atoms with Crippen LogP contribution in [0, 0.1) is 6.57 Å². The molecule has 12 heavy (non-hydrogen) atoms. The minimum absolute atomic E-state index is 0.309. The van der Waals surface area contributed by atoms with E-state index in [4.69, 9.17) is 6.57 Å². The second-order valence-electron chi connectivity index (χ2n) is 2.68. The summed E-state index contributed by atoms with van der Waals surface area (Å²) in [5.41, 5.74) is 0.462. The Morgan fingerprint density at radius 2 is 2.00 bits per heavy atom. The summed E-state index contributed by atoms with van der Waals surface area (Å²) in [6.07, 6.45) is 3.01. The van der Waals surface area contributed by atoms with E-state index in [2.05, 4.69) is 20.1 Å². The minimum atomic E-state index is 0.309. The molecule has 62 valence electrons. The molecule has 4 heteroatoms. The Labute approximate surface area is 71.5 Å². The van der Waals surface area contributed by atoms with Crippen molar-refractivity contribution in [3.63, 3.8) is 0 Å². The number of hydrogen-bond donors (Lipinski definition) is 1. The molecular formula is C8H10N4. The summed E-state index contributed by atoms with van der Waals surface area (Å²) in [6, 6.07) is 0.309. The van der Waals surface area contributed by atoms with E-state index in [1.807, 2.05) is 13.8 Å². The molecule has 0 aliphatic heterocycles. The Morgan fingerprint density at radius 1 is 1.42 bits per heavy atom. The van der Waals surface area contributed by atoms with Gasteiger partial charge in [0.1, 0.15) is 0 Å². The third-order valence-corrected chi connectivity index (χ3v) is 1.19. The van der Waals surface area contributed by atoms with Crippen molar-refractivity contribution in [2.75, 3.05) is 5.32 Å². The van der Waals surface area contributed by atoms with Crippen molar-refractivity contribution in [1.29, 1.82) is 0 Å². The fourth-order valence-electron chi connectivity index (χ4n) is 0.712. The maximum atomic E-state index is 6.68. The van der Waals surface area contributed by atoms with Gasteiger partial charge in [-0.2, -0.15) is 0 Å². The highest BCUT2D eigenvalue weighted by atomic mass is 15.1. The average Bonchev–Trinajstić information content (AvgIpc) is 2.05. The van der Waals surface area contributed by atoms with Gasteiger partial charge in [-0.1, -0.05) is 0 Å². The van der Waals surface area contributed by atoms with Crippen LogP contribution in [0.5, 0.6) is 0 Å². The molecule has 1 rings (SSSR count). The first kappa shape index (κ1) is 8.47. The van der Waals surface area contributed by atoms with Gasteiger partial charge in [-0.05, 0) is 13.8 Å². The second kappa shape index (κ2) is 3.67. The molecule has 0 aliphatic rings. The van der Waals surface area contributed by atoms with Crippen LogP contribution in [0.3, 0.4) is 0 Å². The summed E-state index contributed by atoms with van der Waals surface area (Å²) in [5, 5.41) is 3.03. The van der Waals surface area contributed by atoms with Gasteiger partial charge in [0, 0.05) is 18.4 Å². The Hall–Kier alpha value is -1.63. The zero-order chi connectivity index (χ0) is 8.97. The van der Waals surface area contributed by atoms with Crippen LogP contribution in [0.2, 0.25) is 0 Å². The Kier molecular flexibility index (Phi) is 2.59. The number of anilines is 1. The standard InChI is InChI=1S/C8H10N4/c1-6(2)12-8-10-4-7(9-3)5-11-8/h4-6H,1-2H3,(H,10,11,12). The molecule has 1 aromatic rings. The molecule has 0 radical (unpaired) electrons. The molecule has 0 aromatic carbocycles. The van der Waals surface area contributed by atoms with E-state index in [0.717, 1.165) is 0 Å². The lowest BCUT2D eigenvalue weighted by molar-refractivity contribution is 0.875. The molecule has 0 bridgehead atoms. The van der Waals surface area contributed by atoms with E-state index in [9.17, 15) is 0 Å². The Bertz CT molecular complexity index is 283. The van der Waals surface area contributed by atoms with Gasteiger partial charge in [0.2, 0.25) is 11.6 Å². The van der Waals surface area contributed by atoms with Crippen LogP contribution in [-0.4, -0.2) is 16.0 Å². The normalized spacial score (nSPS) is 9.50. The van der Waals surface area contributed by atoms with Gasteiger partial charge in [0.05, 0.1) is 6.57 Å². The lowest BCUT2D eigenvalue weighted by Gasteiger charge is -2.06. The monoisotopic (exact) mass is 162 g/mol. The summed E-state index contributed by atoms with van der Waals surface area (Å²) in [7, 11) is 0. The van der Waals surface area contributed by atoms with E-state index in [-0.39, 0.29) is 0 Å². The van der Waals surface area contributed by atoms with Crippen molar-refractivity contribution in [3.8, 4) is 0 Å². The highest BCUT2D eigenvalue weighted by Crippen LogP contribution is 2.08. The number of rotatable bonds is 2. The molecule has 1 aromatic heterocycles. The topological polar surface area (TPSA) is 42.2 Å². The zero-order valence-electron chi connectivity index (χ0n) is 7.07. The lowest BCUT2D eigenvalue weighted by atomic mass is 10.4. The molecule has 0 saturated carbocycles. The molecule has 0 saturated heterocycles. The van der Waals surface area contributed by atoms with E-state index in [0.29, 0.717) is 17.7 Å². The molecule has 0 amide bonds. The molecule has 1 N–H and O–H groups in total. The maximum absolute atomic E-state index is 6.68. The van der Waals surface area contributed by atoms with Crippen LogP contribution in [0.15, 0.2) is 12.4 Å². The van der Waals surface area contributed by atoms with Crippen molar-refractivity contribution in [2.45, 2.75) is 19.9 Å². The second-order valence-corrected chi connectivity index (χ2v) is 2.68. The first-order valence-corrected chi connectivity index (χ1v) is 3.68. The van der Waals surface area contributed by atoms with Crippen molar-refractivity contribution in [3.05, 3.63) is 23.8 Å². The van der Waals surface area contributed by atoms with Crippen LogP contribution in [-0.2, 0) is 0 Å². The summed E-state index contributed by atoms with van der Waals surface area (Å²) in [5.74, 6) is 0.567. The minimum Gasteiger partial charge on any atom is -0.352 e. The third-order valence-electron chi connectivity index (χ3n) is 1.19. The van der Waals surface area contributed by atoms with Crippen molar-refractivity contribution in [2.24, 2.45) is 0 Å². The summed E-state index contributed by atoms with van der Waals surface area (Å²) in [4.78, 5) is 11.1. The number of nitrogens with one attached hydrogen (secondary N) is 1. The Morgan fingerprint density at radius 3 is 2.42 bits per heavy atom. The van der Waals surface area contributed by atoms with Crippen LogP contribution >= 0.6 is 0 Å². The van der Waals surface area contributed by atoms with Gasteiger partial charge in [-0.25, -0.2) is 14.8 Å². The highest BCUT2D eigenvalue weighted by molar-refractivity contribution is 5.41. The van der Waals surface area contributed by atoms with Gasteiger partial charge >= 0.3 is 0 Å². The van der Waals surface area contributed by atoms with Crippen molar-refractivity contribution >= 4 is 11.6 Å². The quantitative estimate of drug-likeness (QED) is 0.675. The van der Waals surface area contributed by atoms with Gasteiger partial charge in [0.25, 0.3) is 0 Å². The molecule has 0 fully saturated rings. The third kappa shape index (κ3) is 2.20. The fourth-order valence-corrected chi connectivity index (χ4v) is 0.712. The van der Waals surface area contributed by atoms with Gasteiger partial charge in [-0.15, -0.1) is 0 Å². The van der Waals surface area contributed by atoms with Crippen LogP contribution in [0.4, 0.5) is 11.6 Å². The maximum Gasteiger partial charge on any atom is 0.223 e. The van der Waals surface area contributed by atoms with Crippen molar-refractivity contribution < 1.29 is 0 Å². The van der Waals surface area contributed by atoms with E-state index >= 15 is 0 Å². The molecular weight excluding hydrogens is 152 g/mol. The van der Waals surface area contributed by atoms with Crippen LogP contribution < -0.4 is 5.32 Å². The summed E-state index contributed by atoms with van der Waals surface area (Å²) < 4.78 is 0. The molecule has 1 heterocycles. The molecule has 0 atom stereocenters. The number of hydrogen-bond acceptors (Lipinski definition) is 3. The number of nitrogens with zero attached hydrogens (tertiary/aromatic N) is 3. The first-order chi connectivity index (χ1) is 5.72. The van der Waals surface area contributed by atoms with Crippen LogP contribution in [0.25, 0.3) is 4.85 Å². The largest absolute Gasteiger partial charge is 0.352 e. The van der Waals surface area contributed by atoms with Gasteiger partial charge in [-0.3, -0.25) is 0 Å². The highest BCUT2D eigenvalue weighted by Gasteiger charge is 1.97. The van der Waals surface area contributed by atoms with Crippen molar-refractivity contribution in [1.82, 2.24) is 9.97 Å². The smallest absolute Gasteiger partial charge is 0.223 e. The van der Waals surface area contributed by atoms with E-state index in [1.165, 1.54) is 12.4 Å². The fraction of sp³-hybridized carbons (Fsp3) is 0.375. The lowest BCUT2D eigenvalue weighted by Crippen LogP contribution is -2.11. The number of aromatic nitrogens is 2.